The number of hydrogen-bond acceptors (Lipinski definition) is 0. The van der Waals surface area contributed by atoms with E-state index in [9.17, 15) is 4.39 Å². The second-order valence-corrected chi connectivity index (χ2v) is 4.01. The molecule has 0 aliphatic carbocycles. The highest BCUT2D eigenvalue weighted by Gasteiger charge is 1.99. The van der Waals surface area contributed by atoms with Crippen LogP contribution in [-0.4, -0.2) is 5.33 Å². The topological polar surface area (TPSA) is 0 Å². The maximum Gasteiger partial charge on any atom is 0.123 e. The molecule has 0 aliphatic rings. The van der Waals surface area contributed by atoms with Crippen molar-refractivity contribution in [2.45, 2.75) is 26.2 Å². The Morgan fingerprint density at radius 1 is 1.31 bits per heavy atom. The van der Waals surface area contributed by atoms with Gasteiger partial charge in [0.1, 0.15) is 5.82 Å². The van der Waals surface area contributed by atoms with E-state index in [1.165, 1.54) is 18.1 Å². The summed E-state index contributed by atoms with van der Waals surface area (Å²) in [4.78, 5) is 0. The lowest BCUT2D eigenvalue weighted by molar-refractivity contribution is 0.625. The summed E-state index contributed by atoms with van der Waals surface area (Å²) in [5.74, 6) is -0.137. The number of unbranched alkanes of at least 4 members (excludes halogenated alkanes) is 1. The molecule has 13 heavy (non-hydrogen) atoms. The minimum absolute atomic E-state index is 0.137. The van der Waals surface area contributed by atoms with Crippen molar-refractivity contribution in [3.05, 3.63) is 35.1 Å². The molecule has 1 rings (SSSR count). The number of alkyl halides is 1. The fraction of sp³-hybridized carbons (Fsp3) is 0.455. The predicted octanol–water partition coefficient (Wildman–Crippen LogP) is 3.85. The molecule has 0 heterocycles. The number of hydrogen-bond donors (Lipinski definition) is 0. The standard InChI is InChI=1S/C11H14BrF/c1-9-8-11(13)6-5-10(9)4-2-3-7-12/h5-6,8H,2-4,7H2,1H3. The van der Waals surface area contributed by atoms with Crippen LogP contribution in [0.2, 0.25) is 0 Å². The quantitative estimate of drug-likeness (QED) is 0.558. The summed E-state index contributed by atoms with van der Waals surface area (Å²) < 4.78 is 12.7. The molecule has 0 N–H and O–H groups in total. The second-order valence-electron chi connectivity index (χ2n) is 3.22. The SMILES string of the molecule is Cc1cc(F)ccc1CCCCBr. The Morgan fingerprint density at radius 3 is 2.69 bits per heavy atom. The van der Waals surface area contributed by atoms with E-state index in [-0.39, 0.29) is 5.82 Å². The van der Waals surface area contributed by atoms with Gasteiger partial charge >= 0.3 is 0 Å². The molecule has 72 valence electrons. The first-order valence-corrected chi connectivity index (χ1v) is 5.67. The monoisotopic (exact) mass is 244 g/mol. The lowest BCUT2D eigenvalue weighted by atomic mass is 10.0. The average molecular weight is 245 g/mol. The van der Waals surface area contributed by atoms with Gasteiger partial charge < -0.3 is 0 Å². The van der Waals surface area contributed by atoms with Crippen molar-refractivity contribution in [3.63, 3.8) is 0 Å². The van der Waals surface area contributed by atoms with Gasteiger partial charge in [0.2, 0.25) is 0 Å². The third kappa shape index (κ3) is 3.47. The molecule has 0 fully saturated rings. The molecule has 1 aromatic carbocycles. The second kappa shape index (κ2) is 5.38. The molecule has 0 amide bonds. The highest BCUT2D eigenvalue weighted by atomic mass is 79.9. The predicted molar refractivity (Wildman–Crippen MR) is 57.9 cm³/mol. The van der Waals surface area contributed by atoms with Crippen LogP contribution in [0.3, 0.4) is 0 Å². The maximum absolute atomic E-state index is 12.7. The molecule has 0 bridgehead atoms. The number of halogens is 2. The van der Waals surface area contributed by atoms with Crippen LogP contribution in [0.4, 0.5) is 4.39 Å². The molecular formula is C11H14BrF. The average Bonchev–Trinajstić information content (AvgIpc) is 2.09. The fourth-order valence-electron chi connectivity index (χ4n) is 1.35. The number of rotatable bonds is 4. The fourth-order valence-corrected chi connectivity index (χ4v) is 1.75. The van der Waals surface area contributed by atoms with Crippen molar-refractivity contribution in [2.24, 2.45) is 0 Å². The third-order valence-corrected chi connectivity index (χ3v) is 2.70. The zero-order chi connectivity index (χ0) is 9.68. The van der Waals surface area contributed by atoms with Crippen molar-refractivity contribution < 1.29 is 4.39 Å². The molecule has 1 aromatic rings. The van der Waals surface area contributed by atoms with Gasteiger partial charge in [-0.05, 0) is 49.4 Å². The molecule has 0 aromatic heterocycles. The summed E-state index contributed by atoms with van der Waals surface area (Å²) in [6.45, 7) is 1.96. The summed E-state index contributed by atoms with van der Waals surface area (Å²) in [6.07, 6.45) is 3.40. The summed E-state index contributed by atoms with van der Waals surface area (Å²) in [6, 6.07) is 5.03. The van der Waals surface area contributed by atoms with Crippen molar-refractivity contribution in [1.82, 2.24) is 0 Å². The Kier molecular flexibility index (Phi) is 4.43. The van der Waals surface area contributed by atoms with Crippen LogP contribution in [0.15, 0.2) is 18.2 Å². The molecule has 2 heteroatoms. The van der Waals surface area contributed by atoms with Gasteiger partial charge in [-0.15, -0.1) is 0 Å². The summed E-state index contributed by atoms with van der Waals surface area (Å²) in [5, 5.41) is 1.05. The van der Waals surface area contributed by atoms with Gasteiger partial charge in [0.05, 0.1) is 0 Å². The Bertz CT molecular complexity index is 271. The summed E-state index contributed by atoms with van der Waals surface area (Å²) in [7, 11) is 0. The molecular weight excluding hydrogens is 231 g/mol. The van der Waals surface area contributed by atoms with Crippen molar-refractivity contribution >= 4 is 15.9 Å². The van der Waals surface area contributed by atoms with Gasteiger partial charge in [-0.1, -0.05) is 22.0 Å². The zero-order valence-corrected chi connectivity index (χ0v) is 9.40. The molecule has 0 spiro atoms. The molecule has 0 atom stereocenters. The largest absolute Gasteiger partial charge is 0.207 e. The van der Waals surface area contributed by atoms with Crippen LogP contribution in [0.25, 0.3) is 0 Å². The van der Waals surface area contributed by atoms with E-state index in [4.69, 9.17) is 0 Å². The molecule has 0 radical (unpaired) electrons. The van der Waals surface area contributed by atoms with Crippen LogP contribution in [-0.2, 0) is 6.42 Å². The minimum Gasteiger partial charge on any atom is -0.207 e. The summed E-state index contributed by atoms with van der Waals surface area (Å²) >= 11 is 3.39. The lowest BCUT2D eigenvalue weighted by Crippen LogP contribution is -1.91. The van der Waals surface area contributed by atoms with Gasteiger partial charge in [-0.2, -0.15) is 0 Å². The van der Waals surface area contributed by atoms with E-state index < -0.39 is 0 Å². The normalized spacial score (nSPS) is 10.4. The highest BCUT2D eigenvalue weighted by molar-refractivity contribution is 9.09. The lowest BCUT2D eigenvalue weighted by Gasteiger charge is -2.04. The van der Waals surface area contributed by atoms with E-state index >= 15 is 0 Å². The van der Waals surface area contributed by atoms with Crippen molar-refractivity contribution in [2.75, 3.05) is 5.33 Å². The number of aryl methyl sites for hydroxylation is 2. The first kappa shape index (κ1) is 10.7. The van der Waals surface area contributed by atoms with Crippen LogP contribution in [0.5, 0.6) is 0 Å². The highest BCUT2D eigenvalue weighted by Crippen LogP contribution is 2.13. The van der Waals surface area contributed by atoms with Crippen molar-refractivity contribution in [1.29, 1.82) is 0 Å². The zero-order valence-electron chi connectivity index (χ0n) is 7.82. The first-order valence-electron chi connectivity index (χ1n) is 4.55. The first-order chi connectivity index (χ1) is 6.24. The van der Waals surface area contributed by atoms with E-state index in [2.05, 4.69) is 15.9 Å². The third-order valence-electron chi connectivity index (χ3n) is 2.13. The summed E-state index contributed by atoms with van der Waals surface area (Å²) in [5.41, 5.74) is 2.33. The van der Waals surface area contributed by atoms with Gasteiger partial charge in [0.25, 0.3) is 0 Å². The van der Waals surface area contributed by atoms with Crippen LogP contribution in [0, 0.1) is 12.7 Å². The molecule has 0 nitrogen and oxygen atoms in total. The van der Waals surface area contributed by atoms with E-state index in [1.54, 1.807) is 6.07 Å². The van der Waals surface area contributed by atoms with E-state index in [0.29, 0.717) is 0 Å². The molecule has 0 saturated heterocycles. The molecule has 0 unspecified atom stereocenters. The van der Waals surface area contributed by atoms with E-state index in [0.717, 1.165) is 23.7 Å². The smallest absolute Gasteiger partial charge is 0.123 e. The molecule has 0 saturated carbocycles. The Hall–Kier alpha value is -0.370. The minimum atomic E-state index is -0.137. The van der Waals surface area contributed by atoms with Gasteiger partial charge in [-0.25, -0.2) is 4.39 Å². The Labute approximate surface area is 87.3 Å². The van der Waals surface area contributed by atoms with Gasteiger partial charge in [-0.3, -0.25) is 0 Å². The van der Waals surface area contributed by atoms with E-state index in [1.807, 2.05) is 13.0 Å². The molecule has 0 aliphatic heterocycles. The maximum atomic E-state index is 12.7. The Balaban J connectivity index is 2.56. The van der Waals surface area contributed by atoms with Crippen molar-refractivity contribution in [3.8, 4) is 0 Å². The van der Waals surface area contributed by atoms with Crippen LogP contribution < -0.4 is 0 Å². The Morgan fingerprint density at radius 2 is 2.08 bits per heavy atom. The van der Waals surface area contributed by atoms with Crippen LogP contribution in [0.1, 0.15) is 24.0 Å². The number of benzene rings is 1. The van der Waals surface area contributed by atoms with Crippen LogP contribution >= 0.6 is 15.9 Å². The van der Waals surface area contributed by atoms with Gasteiger partial charge in [0.15, 0.2) is 0 Å². The van der Waals surface area contributed by atoms with Gasteiger partial charge in [0, 0.05) is 5.33 Å².